The van der Waals surface area contributed by atoms with Crippen molar-refractivity contribution in [1.82, 2.24) is 0 Å². The quantitative estimate of drug-likeness (QED) is 0.623. The Hall–Kier alpha value is -0.147. The Balaban J connectivity index is -0.000000105. The topological polar surface area (TPSA) is 60.7 Å². The van der Waals surface area contributed by atoms with E-state index in [1.807, 2.05) is 30.3 Å². The van der Waals surface area contributed by atoms with E-state index in [-0.39, 0.29) is 26.2 Å². The van der Waals surface area contributed by atoms with E-state index in [1.54, 1.807) is 0 Å². The number of benzene rings is 1. The van der Waals surface area contributed by atoms with Crippen molar-refractivity contribution < 1.29 is 41.5 Å². The van der Waals surface area contributed by atoms with Crippen LogP contribution < -0.4 is 0 Å². The maximum Gasteiger partial charge on any atom is 0.0430 e. The molecule has 136 valence electrons. The Morgan fingerprint density at radius 3 is 1.09 bits per heavy atom. The molecule has 0 atom stereocenters. The summed E-state index contributed by atoms with van der Waals surface area (Å²) in [4.78, 5) is 0. The number of hydrogen-bond acceptors (Lipinski definition) is 3. The minimum absolute atomic E-state index is 0. The largest absolute Gasteiger partial charge is 0.396 e. The zero-order valence-corrected chi connectivity index (χ0v) is 17.8. The number of aliphatic hydroxyl groups is 3. The van der Waals surface area contributed by atoms with Gasteiger partial charge in [-0.2, -0.15) is 24.6 Å². The van der Waals surface area contributed by atoms with E-state index in [1.165, 1.54) is 0 Å². The Morgan fingerprint density at radius 1 is 0.696 bits per heavy atom. The van der Waals surface area contributed by atoms with E-state index >= 15 is 0 Å². The minimum Gasteiger partial charge on any atom is -0.396 e. The maximum atomic E-state index is 8.07. The molecule has 3 nitrogen and oxygen atoms in total. The first-order valence-corrected chi connectivity index (χ1v) is 8.33. The molecule has 0 aliphatic carbocycles. The summed E-state index contributed by atoms with van der Waals surface area (Å²) < 4.78 is 0. The monoisotopic (exact) mass is 403 g/mol. The molecule has 23 heavy (non-hydrogen) atoms. The van der Waals surface area contributed by atoms with Crippen molar-refractivity contribution in [3.05, 3.63) is 42.8 Å². The molecule has 0 saturated carbocycles. The molecule has 0 aromatic heterocycles. The van der Waals surface area contributed by atoms with Crippen LogP contribution in [-0.4, -0.2) is 35.1 Å². The van der Waals surface area contributed by atoms with Gasteiger partial charge in [0.25, 0.3) is 0 Å². The number of unbranched alkanes of at least 4 members (excludes halogenated alkanes) is 3. The summed E-state index contributed by atoms with van der Waals surface area (Å²) in [5.41, 5.74) is 1.07. The molecule has 4 heteroatoms. The molecule has 0 radical (unpaired) electrons. The van der Waals surface area contributed by atoms with Gasteiger partial charge in [-0.1, -0.05) is 46.1 Å². The average molecular weight is 405 g/mol. The molecular formula is C19H37O3Zr-. The predicted molar refractivity (Wildman–Crippen MR) is 96.9 cm³/mol. The predicted octanol–water partition coefficient (Wildman–Crippen LogP) is 4.20. The van der Waals surface area contributed by atoms with Gasteiger partial charge in [0.2, 0.25) is 0 Å². The Morgan fingerprint density at radius 2 is 1.00 bits per heavy atom. The number of aliphatic hydroxyl groups excluding tert-OH is 3. The fraction of sp³-hybridized carbons (Fsp3) is 0.632. The minimum atomic E-state index is 0. The summed E-state index contributed by atoms with van der Waals surface area (Å²) in [6.45, 7) is 10.9. The molecule has 0 saturated heterocycles. The molecule has 3 N–H and O–H groups in total. The third kappa shape index (κ3) is 44.9. The first-order chi connectivity index (χ1) is 10.6. The summed E-state index contributed by atoms with van der Waals surface area (Å²) in [6, 6.07) is 9.87. The summed E-state index contributed by atoms with van der Waals surface area (Å²) in [6.07, 6.45) is 6.11. The molecule has 1 aromatic carbocycles. The molecule has 0 spiro atoms. The van der Waals surface area contributed by atoms with Crippen molar-refractivity contribution in [3.8, 4) is 0 Å². The zero-order valence-electron chi connectivity index (χ0n) is 15.3. The fourth-order valence-corrected chi connectivity index (χ4v) is 0.952. The molecule has 1 aromatic rings. The van der Waals surface area contributed by atoms with Gasteiger partial charge in [-0.15, -0.1) is 12.1 Å². The SMILES string of the molecule is CCCCO.CCCCO.CCCCO.[CH2-]c1ccccc1.[Zr]. The second-order valence-electron chi connectivity index (χ2n) is 4.72. The number of rotatable bonds is 6. The van der Waals surface area contributed by atoms with Gasteiger partial charge in [0.15, 0.2) is 0 Å². The second-order valence-corrected chi connectivity index (χ2v) is 4.72. The normalized spacial score (nSPS) is 8.09. The molecule has 0 unspecified atom stereocenters. The van der Waals surface area contributed by atoms with E-state index in [4.69, 9.17) is 15.3 Å². The summed E-state index contributed by atoms with van der Waals surface area (Å²) in [5.74, 6) is 0. The zero-order chi connectivity index (χ0) is 17.5. The first-order valence-electron chi connectivity index (χ1n) is 8.33. The second kappa shape index (κ2) is 33.5. The average Bonchev–Trinajstić information content (AvgIpc) is 2.52. The molecule has 0 aliphatic heterocycles. The van der Waals surface area contributed by atoms with Crippen molar-refractivity contribution in [2.75, 3.05) is 19.8 Å². The van der Waals surface area contributed by atoms with E-state index in [0.717, 1.165) is 44.1 Å². The molecule has 0 fully saturated rings. The van der Waals surface area contributed by atoms with Gasteiger partial charge in [0.1, 0.15) is 0 Å². The Labute approximate surface area is 163 Å². The van der Waals surface area contributed by atoms with Crippen LogP contribution in [0.25, 0.3) is 0 Å². The van der Waals surface area contributed by atoms with Crippen LogP contribution in [0.3, 0.4) is 0 Å². The van der Waals surface area contributed by atoms with Gasteiger partial charge in [0, 0.05) is 46.0 Å². The standard InChI is InChI=1S/C7H7.3C4H10O.Zr/c1-7-5-3-2-4-6-7;3*1-2-3-4-5;/h2-6H,1H2;3*5H,2-4H2,1H3;/q-1;;;;. The van der Waals surface area contributed by atoms with Crippen LogP contribution in [0.5, 0.6) is 0 Å². The molecule has 0 amide bonds. The van der Waals surface area contributed by atoms with Gasteiger partial charge in [0.05, 0.1) is 0 Å². The molecule has 0 heterocycles. The van der Waals surface area contributed by atoms with Crippen LogP contribution >= 0.6 is 0 Å². The fourth-order valence-electron chi connectivity index (χ4n) is 0.952. The first kappa shape index (κ1) is 30.7. The molecule has 0 bridgehead atoms. The van der Waals surface area contributed by atoms with Crippen LogP contribution in [0.1, 0.15) is 64.9 Å². The van der Waals surface area contributed by atoms with Gasteiger partial charge in [-0.05, 0) is 19.3 Å². The molecule has 1 rings (SSSR count). The van der Waals surface area contributed by atoms with Crippen LogP contribution in [0.2, 0.25) is 0 Å². The van der Waals surface area contributed by atoms with Crippen LogP contribution in [0.15, 0.2) is 30.3 Å². The molecule has 0 aliphatic rings. The summed E-state index contributed by atoms with van der Waals surface area (Å²) >= 11 is 0. The van der Waals surface area contributed by atoms with Gasteiger partial charge in [-0.25, -0.2) is 0 Å². The van der Waals surface area contributed by atoms with Crippen molar-refractivity contribution in [2.45, 2.75) is 59.3 Å². The van der Waals surface area contributed by atoms with E-state index in [0.29, 0.717) is 19.8 Å². The third-order valence-electron chi connectivity index (χ3n) is 2.38. The smallest absolute Gasteiger partial charge is 0.0430 e. The third-order valence-corrected chi connectivity index (χ3v) is 2.38. The van der Waals surface area contributed by atoms with Crippen molar-refractivity contribution in [3.63, 3.8) is 0 Å². The Kier molecular flexibility index (Phi) is 44.7. The van der Waals surface area contributed by atoms with Crippen molar-refractivity contribution in [2.24, 2.45) is 0 Å². The van der Waals surface area contributed by atoms with Gasteiger partial charge in [-0.3, -0.25) is 0 Å². The number of hydrogen-bond donors (Lipinski definition) is 3. The van der Waals surface area contributed by atoms with Crippen molar-refractivity contribution in [1.29, 1.82) is 0 Å². The van der Waals surface area contributed by atoms with E-state index in [2.05, 4.69) is 27.7 Å². The Bertz CT molecular complexity index is 236. The van der Waals surface area contributed by atoms with Gasteiger partial charge < -0.3 is 15.3 Å². The van der Waals surface area contributed by atoms with Crippen LogP contribution in [0.4, 0.5) is 0 Å². The summed E-state index contributed by atoms with van der Waals surface area (Å²) in [7, 11) is 0. The van der Waals surface area contributed by atoms with E-state index < -0.39 is 0 Å². The van der Waals surface area contributed by atoms with E-state index in [9.17, 15) is 0 Å². The van der Waals surface area contributed by atoms with Crippen LogP contribution in [0, 0.1) is 6.92 Å². The molecular weight excluding hydrogens is 367 g/mol. The van der Waals surface area contributed by atoms with Crippen LogP contribution in [-0.2, 0) is 26.2 Å². The summed E-state index contributed by atoms with van der Waals surface area (Å²) in [5, 5.41) is 24.2. The van der Waals surface area contributed by atoms with Gasteiger partial charge >= 0.3 is 0 Å². The van der Waals surface area contributed by atoms with Crippen molar-refractivity contribution >= 4 is 0 Å². The maximum absolute atomic E-state index is 8.07.